The molecule has 2 aromatic carbocycles. The Kier molecular flexibility index (Phi) is 4.39. The van der Waals surface area contributed by atoms with E-state index < -0.39 is 5.97 Å². The Bertz CT molecular complexity index is 830. The monoisotopic (exact) mass is 331 g/mol. The molecule has 0 N–H and O–H groups in total. The molecule has 0 unspecified atom stereocenters. The minimum atomic E-state index is -0.558. The van der Waals surface area contributed by atoms with Crippen molar-refractivity contribution >= 4 is 17.6 Å². The SMILES string of the molecule is O=C(OCc1ncc(-c2ccc(F)cc2)o1)c1ccccc1Cl. The molecule has 0 atom stereocenters. The zero-order valence-corrected chi connectivity index (χ0v) is 12.6. The summed E-state index contributed by atoms with van der Waals surface area (Å²) < 4.78 is 23.5. The van der Waals surface area contributed by atoms with Gasteiger partial charge in [-0.15, -0.1) is 0 Å². The molecule has 1 heterocycles. The summed E-state index contributed by atoms with van der Waals surface area (Å²) in [7, 11) is 0. The first-order valence-electron chi connectivity index (χ1n) is 6.76. The number of rotatable bonds is 4. The molecule has 0 aliphatic carbocycles. The van der Waals surface area contributed by atoms with Crippen molar-refractivity contribution < 1.29 is 18.3 Å². The first-order valence-corrected chi connectivity index (χ1v) is 7.13. The van der Waals surface area contributed by atoms with Crippen LogP contribution in [0, 0.1) is 5.82 Å². The first-order chi connectivity index (χ1) is 11.1. The van der Waals surface area contributed by atoms with E-state index in [-0.39, 0.29) is 23.9 Å². The molecule has 0 aliphatic rings. The summed E-state index contributed by atoms with van der Waals surface area (Å²) in [5, 5.41) is 0.317. The van der Waals surface area contributed by atoms with Gasteiger partial charge in [-0.1, -0.05) is 23.7 Å². The molecule has 1 aromatic heterocycles. The normalized spacial score (nSPS) is 10.5. The van der Waals surface area contributed by atoms with Crippen LogP contribution >= 0.6 is 11.6 Å². The summed E-state index contributed by atoms with van der Waals surface area (Å²) in [4.78, 5) is 16.0. The van der Waals surface area contributed by atoms with Crippen LogP contribution in [0.15, 0.2) is 59.1 Å². The fraction of sp³-hybridized carbons (Fsp3) is 0.0588. The molecule has 3 rings (SSSR count). The number of halogens is 2. The largest absolute Gasteiger partial charge is 0.452 e. The molecule has 116 valence electrons. The fourth-order valence-electron chi connectivity index (χ4n) is 1.96. The second-order valence-corrected chi connectivity index (χ2v) is 5.09. The fourth-order valence-corrected chi connectivity index (χ4v) is 2.17. The van der Waals surface area contributed by atoms with Crippen molar-refractivity contribution in [3.05, 3.63) is 77.0 Å². The predicted molar refractivity (Wildman–Crippen MR) is 82.5 cm³/mol. The third kappa shape index (κ3) is 3.57. The summed E-state index contributed by atoms with van der Waals surface area (Å²) in [5.41, 5.74) is 0.960. The number of ether oxygens (including phenoxy) is 1. The Morgan fingerprint density at radius 2 is 1.91 bits per heavy atom. The van der Waals surface area contributed by atoms with E-state index in [9.17, 15) is 9.18 Å². The van der Waals surface area contributed by atoms with Crippen LogP contribution in [-0.4, -0.2) is 11.0 Å². The van der Waals surface area contributed by atoms with E-state index in [4.69, 9.17) is 20.8 Å². The number of nitrogens with zero attached hydrogens (tertiary/aromatic N) is 1. The van der Waals surface area contributed by atoms with Gasteiger partial charge in [0.1, 0.15) is 5.82 Å². The van der Waals surface area contributed by atoms with Crippen LogP contribution in [0.5, 0.6) is 0 Å². The zero-order valence-electron chi connectivity index (χ0n) is 11.8. The molecule has 4 nitrogen and oxygen atoms in total. The van der Waals surface area contributed by atoms with Gasteiger partial charge in [0.15, 0.2) is 12.4 Å². The summed E-state index contributed by atoms with van der Waals surface area (Å²) in [6.45, 7) is -0.120. The number of hydrogen-bond acceptors (Lipinski definition) is 4. The molecule has 0 fully saturated rings. The number of hydrogen-bond donors (Lipinski definition) is 0. The van der Waals surface area contributed by atoms with E-state index in [1.165, 1.54) is 18.3 Å². The lowest BCUT2D eigenvalue weighted by atomic mass is 10.2. The lowest BCUT2D eigenvalue weighted by molar-refractivity contribution is 0.0439. The number of benzene rings is 2. The Balaban J connectivity index is 1.67. The van der Waals surface area contributed by atoms with Crippen molar-refractivity contribution in [3.8, 4) is 11.3 Å². The lowest BCUT2D eigenvalue weighted by Gasteiger charge is -2.03. The van der Waals surface area contributed by atoms with Gasteiger partial charge >= 0.3 is 5.97 Å². The summed E-state index contributed by atoms with van der Waals surface area (Å²) in [5.74, 6) is -0.183. The molecule has 0 spiro atoms. The van der Waals surface area contributed by atoms with E-state index in [2.05, 4.69) is 4.98 Å². The van der Waals surface area contributed by atoms with E-state index >= 15 is 0 Å². The standard InChI is InChI=1S/C17H11ClFNO3/c18-14-4-2-1-3-13(14)17(21)22-10-16-20-9-15(23-16)11-5-7-12(19)8-6-11/h1-9H,10H2. The van der Waals surface area contributed by atoms with Crippen molar-refractivity contribution in [2.24, 2.45) is 0 Å². The second-order valence-electron chi connectivity index (χ2n) is 4.68. The Morgan fingerprint density at radius 3 is 2.65 bits per heavy atom. The smallest absolute Gasteiger partial charge is 0.340 e. The average Bonchev–Trinajstić information content (AvgIpc) is 3.03. The highest BCUT2D eigenvalue weighted by Crippen LogP contribution is 2.21. The molecule has 0 saturated heterocycles. The summed E-state index contributed by atoms with van der Waals surface area (Å²) in [6, 6.07) is 12.4. The van der Waals surface area contributed by atoms with Crippen LogP contribution in [-0.2, 0) is 11.3 Å². The summed E-state index contributed by atoms with van der Waals surface area (Å²) >= 11 is 5.93. The molecule has 3 aromatic rings. The molecule has 0 radical (unpaired) electrons. The van der Waals surface area contributed by atoms with E-state index in [1.54, 1.807) is 36.4 Å². The van der Waals surface area contributed by atoms with Gasteiger partial charge in [0.2, 0.25) is 5.89 Å². The highest BCUT2D eigenvalue weighted by Gasteiger charge is 2.13. The number of oxazole rings is 1. The number of carbonyl (C=O) groups excluding carboxylic acids is 1. The van der Waals surface area contributed by atoms with Gasteiger partial charge in [-0.25, -0.2) is 14.2 Å². The maximum atomic E-state index is 12.9. The van der Waals surface area contributed by atoms with Crippen molar-refractivity contribution in [1.29, 1.82) is 0 Å². The van der Waals surface area contributed by atoms with Gasteiger partial charge in [-0.05, 0) is 36.4 Å². The molecule has 23 heavy (non-hydrogen) atoms. The highest BCUT2D eigenvalue weighted by molar-refractivity contribution is 6.33. The molecular weight excluding hydrogens is 321 g/mol. The van der Waals surface area contributed by atoms with Crippen LogP contribution in [0.2, 0.25) is 5.02 Å². The minimum Gasteiger partial charge on any atom is -0.452 e. The Labute approximate surface area is 136 Å². The quantitative estimate of drug-likeness (QED) is 0.661. The second kappa shape index (κ2) is 6.62. The molecular formula is C17H11ClFNO3. The molecule has 0 saturated carbocycles. The Hall–Kier alpha value is -2.66. The van der Waals surface area contributed by atoms with E-state index in [0.717, 1.165) is 0 Å². The molecule has 0 amide bonds. The summed E-state index contributed by atoms with van der Waals surface area (Å²) in [6.07, 6.45) is 1.49. The number of esters is 1. The lowest BCUT2D eigenvalue weighted by Crippen LogP contribution is -2.05. The van der Waals surface area contributed by atoms with Gasteiger partial charge in [-0.2, -0.15) is 0 Å². The van der Waals surface area contributed by atoms with Crippen LogP contribution in [0.1, 0.15) is 16.2 Å². The third-order valence-electron chi connectivity index (χ3n) is 3.10. The van der Waals surface area contributed by atoms with E-state index in [1.807, 2.05) is 0 Å². The number of aromatic nitrogens is 1. The van der Waals surface area contributed by atoms with Crippen LogP contribution in [0.3, 0.4) is 0 Å². The average molecular weight is 332 g/mol. The highest BCUT2D eigenvalue weighted by atomic mass is 35.5. The maximum Gasteiger partial charge on any atom is 0.340 e. The minimum absolute atomic E-state index is 0.120. The van der Waals surface area contributed by atoms with Gasteiger partial charge < -0.3 is 9.15 Å². The van der Waals surface area contributed by atoms with Crippen LogP contribution < -0.4 is 0 Å². The van der Waals surface area contributed by atoms with Gasteiger partial charge in [0.05, 0.1) is 16.8 Å². The first kappa shape index (κ1) is 15.2. The van der Waals surface area contributed by atoms with Gasteiger partial charge in [0, 0.05) is 5.56 Å². The molecule has 0 aliphatic heterocycles. The molecule has 6 heteroatoms. The van der Waals surface area contributed by atoms with Crippen LogP contribution in [0.25, 0.3) is 11.3 Å². The number of carbonyl (C=O) groups is 1. The van der Waals surface area contributed by atoms with Gasteiger partial charge in [-0.3, -0.25) is 0 Å². The van der Waals surface area contributed by atoms with Crippen molar-refractivity contribution in [2.45, 2.75) is 6.61 Å². The maximum absolute atomic E-state index is 12.9. The third-order valence-corrected chi connectivity index (χ3v) is 3.43. The van der Waals surface area contributed by atoms with Gasteiger partial charge in [0.25, 0.3) is 0 Å². The topological polar surface area (TPSA) is 52.3 Å². The Morgan fingerprint density at radius 1 is 1.17 bits per heavy atom. The zero-order chi connectivity index (χ0) is 16.2. The van der Waals surface area contributed by atoms with Crippen molar-refractivity contribution in [3.63, 3.8) is 0 Å². The van der Waals surface area contributed by atoms with E-state index in [0.29, 0.717) is 16.3 Å². The van der Waals surface area contributed by atoms with Crippen molar-refractivity contribution in [2.75, 3.05) is 0 Å². The van der Waals surface area contributed by atoms with Crippen molar-refractivity contribution in [1.82, 2.24) is 4.98 Å². The molecule has 0 bridgehead atoms. The predicted octanol–water partition coefficient (Wildman–Crippen LogP) is 4.49. The van der Waals surface area contributed by atoms with Crippen LogP contribution in [0.4, 0.5) is 4.39 Å².